The second kappa shape index (κ2) is 7.54. The van der Waals surface area contributed by atoms with Crippen molar-refractivity contribution in [2.75, 3.05) is 0 Å². The molecule has 0 atom stereocenters. The minimum Gasteiger partial charge on any atom is -0.270 e. The summed E-state index contributed by atoms with van der Waals surface area (Å²) in [4.78, 5) is 31.1. The molecular weight excluding hydrogens is 366 g/mol. The van der Waals surface area contributed by atoms with Gasteiger partial charge in [0.05, 0.1) is 9.85 Å². The lowest BCUT2D eigenvalue weighted by molar-refractivity contribution is -0.448. The quantitative estimate of drug-likeness (QED) is 0.434. The number of hydrogen-bond acceptors (Lipinski definition) is 6. The van der Waals surface area contributed by atoms with Gasteiger partial charge in [0.25, 0.3) is 11.4 Å². The first-order chi connectivity index (χ1) is 13.4. The number of rotatable bonds is 5. The predicted octanol–water partition coefficient (Wildman–Crippen LogP) is 4.24. The van der Waals surface area contributed by atoms with Crippen LogP contribution in [0, 0.1) is 36.4 Å². The molecule has 2 aromatic carbocycles. The van der Waals surface area contributed by atoms with Crippen LogP contribution in [0.4, 0.5) is 11.4 Å². The Labute approximate surface area is 158 Å². The summed E-state index contributed by atoms with van der Waals surface area (Å²) in [5.41, 5.74) is 2.39. The van der Waals surface area contributed by atoms with E-state index in [1.54, 1.807) is 36.4 Å². The highest BCUT2D eigenvalue weighted by Gasteiger charge is 2.14. The number of nitro benzene ring substituents is 2. The zero-order valence-corrected chi connectivity index (χ0v) is 14.2. The van der Waals surface area contributed by atoms with E-state index in [0.717, 1.165) is 0 Å². The Hall–Kier alpha value is -4.27. The minimum atomic E-state index is -0.513. The van der Waals surface area contributed by atoms with E-state index in [1.165, 1.54) is 36.4 Å². The molecule has 0 radical (unpaired) electrons. The molecule has 0 saturated carbocycles. The average Bonchev–Trinajstić information content (AvgIpc) is 2.69. The van der Waals surface area contributed by atoms with E-state index in [1.807, 2.05) is 0 Å². The zero-order valence-electron chi connectivity index (χ0n) is 14.2. The SMILES string of the molecule is O=[N+]([O-])c1ccc(C(=C2C=C[C-]([N+](=O)[O-])C=C2)c2ccc([N+](=O)[O-])cc2)cc1. The molecule has 3 rings (SSSR count). The van der Waals surface area contributed by atoms with Gasteiger partial charge in [-0.1, -0.05) is 12.2 Å². The molecule has 0 aromatic heterocycles. The van der Waals surface area contributed by atoms with Gasteiger partial charge in [0.2, 0.25) is 0 Å². The molecule has 0 aliphatic heterocycles. The topological polar surface area (TPSA) is 129 Å². The molecule has 0 spiro atoms. The van der Waals surface area contributed by atoms with Crippen LogP contribution in [-0.4, -0.2) is 14.8 Å². The van der Waals surface area contributed by atoms with E-state index < -0.39 is 14.8 Å². The third kappa shape index (κ3) is 3.78. The Morgan fingerprint density at radius 1 is 0.679 bits per heavy atom. The average molecular weight is 378 g/mol. The van der Waals surface area contributed by atoms with E-state index in [-0.39, 0.29) is 17.4 Å². The van der Waals surface area contributed by atoms with Gasteiger partial charge in [0.15, 0.2) is 6.04 Å². The third-order valence-electron chi connectivity index (χ3n) is 4.10. The van der Waals surface area contributed by atoms with Crippen LogP contribution in [0.1, 0.15) is 11.1 Å². The third-order valence-corrected chi connectivity index (χ3v) is 4.10. The molecule has 2 aromatic rings. The van der Waals surface area contributed by atoms with Gasteiger partial charge in [-0.05, 0) is 41.0 Å². The molecule has 0 fully saturated rings. The van der Waals surface area contributed by atoms with Crippen molar-refractivity contribution in [2.45, 2.75) is 0 Å². The Kier molecular flexibility index (Phi) is 4.99. The van der Waals surface area contributed by atoms with Gasteiger partial charge in [-0.3, -0.25) is 30.3 Å². The molecule has 9 nitrogen and oxygen atoms in total. The fourth-order valence-corrected chi connectivity index (χ4v) is 2.75. The monoisotopic (exact) mass is 378 g/mol. The minimum absolute atomic E-state index is 0.0736. The Balaban J connectivity index is 2.12. The number of non-ortho nitro benzene ring substituents is 2. The lowest BCUT2D eigenvalue weighted by Gasteiger charge is -2.19. The Morgan fingerprint density at radius 3 is 1.39 bits per heavy atom. The van der Waals surface area contributed by atoms with Crippen molar-refractivity contribution in [3.8, 4) is 0 Å². The lowest BCUT2D eigenvalue weighted by Crippen LogP contribution is -2.06. The summed E-state index contributed by atoms with van der Waals surface area (Å²) in [7, 11) is 0. The predicted molar refractivity (Wildman–Crippen MR) is 101 cm³/mol. The van der Waals surface area contributed by atoms with E-state index in [4.69, 9.17) is 0 Å². The molecule has 1 aliphatic rings. The van der Waals surface area contributed by atoms with Crippen molar-refractivity contribution in [1.29, 1.82) is 0 Å². The second-order valence-corrected chi connectivity index (χ2v) is 5.79. The van der Waals surface area contributed by atoms with Crippen molar-refractivity contribution >= 4 is 16.9 Å². The summed E-state index contributed by atoms with van der Waals surface area (Å²) >= 11 is 0. The van der Waals surface area contributed by atoms with E-state index in [0.29, 0.717) is 22.3 Å². The highest BCUT2D eigenvalue weighted by molar-refractivity contribution is 5.86. The van der Waals surface area contributed by atoms with Crippen LogP contribution in [0.2, 0.25) is 0 Å². The van der Waals surface area contributed by atoms with Crippen molar-refractivity contribution < 1.29 is 14.8 Å². The maximum atomic E-state index is 10.9. The van der Waals surface area contributed by atoms with Crippen LogP contribution < -0.4 is 0 Å². The number of allylic oxidation sites excluding steroid dienone is 3. The second-order valence-electron chi connectivity index (χ2n) is 5.79. The lowest BCUT2D eigenvalue weighted by atomic mass is 9.90. The van der Waals surface area contributed by atoms with Crippen LogP contribution in [0.3, 0.4) is 0 Å². The molecule has 0 heterocycles. The van der Waals surface area contributed by atoms with E-state index in [9.17, 15) is 30.3 Å². The molecule has 0 N–H and O–H groups in total. The molecule has 140 valence electrons. The van der Waals surface area contributed by atoms with Gasteiger partial charge in [-0.25, -0.2) is 0 Å². The van der Waals surface area contributed by atoms with Crippen LogP contribution >= 0.6 is 0 Å². The van der Waals surface area contributed by atoms with Crippen LogP contribution in [0.5, 0.6) is 0 Å². The summed E-state index contributed by atoms with van der Waals surface area (Å²) in [6.45, 7) is 0. The van der Waals surface area contributed by atoms with Crippen molar-refractivity contribution in [2.24, 2.45) is 0 Å². The number of hydrogen-bond donors (Lipinski definition) is 0. The fourth-order valence-electron chi connectivity index (χ4n) is 2.75. The summed E-state index contributed by atoms with van der Waals surface area (Å²) in [6.07, 6.45) is 5.84. The van der Waals surface area contributed by atoms with Crippen LogP contribution in [0.15, 0.2) is 78.4 Å². The molecule has 0 saturated heterocycles. The maximum absolute atomic E-state index is 10.9. The molecule has 0 bridgehead atoms. The number of nitro groups is 3. The Morgan fingerprint density at radius 2 is 1.07 bits per heavy atom. The molecule has 9 heteroatoms. The maximum Gasteiger partial charge on any atom is 0.269 e. The number of nitrogens with zero attached hydrogens (tertiary/aromatic N) is 3. The van der Waals surface area contributed by atoms with Crippen LogP contribution in [-0.2, 0) is 0 Å². The zero-order chi connectivity index (χ0) is 20.3. The number of benzene rings is 2. The van der Waals surface area contributed by atoms with Crippen molar-refractivity contribution in [3.05, 3.63) is 126 Å². The summed E-state index contributed by atoms with van der Waals surface area (Å²) in [6, 6.07) is 11.6. The van der Waals surface area contributed by atoms with Gasteiger partial charge in [0.1, 0.15) is 0 Å². The molecular formula is C19H12N3O6-. The highest BCUT2D eigenvalue weighted by atomic mass is 16.6. The first kappa shape index (κ1) is 18.5. The van der Waals surface area contributed by atoms with Crippen molar-refractivity contribution in [1.82, 2.24) is 0 Å². The normalized spacial score (nSPS) is 12.7. The fraction of sp³-hybridized carbons (Fsp3) is 0. The summed E-state index contributed by atoms with van der Waals surface area (Å²) in [5, 5.41) is 32.7. The van der Waals surface area contributed by atoms with Gasteiger partial charge in [-0.15, -0.1) is 5.57 Å². The summed E-state index contributed by atoms with van der Waals surface area (Å²) in [5.74, 6) is 0. The molecule has 28 heavy (non-hydrogen) atoms. The van der Waals surface area contributed by atoms with Gasteiger partial charge in [-0.2, -0.15) is 12.2 Å². The molecule has 1 aliphatic carbocycles. The molecule has 0 amide bonds. The van der Waals surface area contributed by atoms with E-state index in [2.05, 4.69) is 0 Å². The van der Waals surface area contributed by atoms with Crippen molar-refractivity contribution in [3.63, 3.8) is 0 Å². The van der Waals surface area contributed by atoms with Gasteiger partial charge >= 0.3 is 0 Å². The van der Waals surface area contributed by atoms with Crippen LogP contribution in [0.25, 0.3) is 5.57 Å². The standard InChI is InChI=1S/C19H12N3O6/c23-20(24)16-7-1-13(2-8-16)19(14-3-9-17(10-4-14)21(25)26)15-5-11-18(12-6-15)22(27)28/h1-12H/q-1. The van der Waals surface area contributed by atoms with Gasteiger partial charge < -0.3 is 0 Å². The highest BCUT2D eigenvalue weighted by Crippen LogP contribution is 2.32. The summed E-state index contributed by atoms with van der Waals surface area (Å²) < 4.78 is 0. The Bertz CT molecular complexity index is 961. The van der Waals surface area contributed by atoms with E-state index >= 15 is 0 Å². The molecule has 0 unspecified atom stereocenters. The van der Waals surface area contributed by atoms with Gasteiger partial charge in [0, 0.05) is 29.2 Å². The smallest absolute Gasteiger partial charge is 0.269 e. The largest absolute Gasteiger partial charge is 0.270 e. The first-order valence-electron chi connectivity index (χ1n) is 7.98. The first-order valence-corrected chi connectivity index (χ1v) is 7.98.